The lowest BCUT2D eigenvalue weighted by molar-refractivity contribution is -0.146. The van der Waals surface area contributed by atoms with Gasteiger partial charge in [0.25, 0.3) is 11.8 Å². The molecule has 1 fully saturated rings. The summed E-state index contributed by atoms with van der Waals surface area (Å²) < 4.78 is 13.5. The van der Waals surface area contributed by atoms with E-state index in [-0.39, 0.29) is 42.3 Å². The lowest BCUT2D eigenvalue weighted by atomic mass is 9.82. The van der Waals surface area contributed by atoms with Gasteiger partial charge < -0.3 is 35.3 Å². The zero-order valence-corrected chi connectivity index (χ0v) is 31.6. The molecule has 6 rings (SSSR count). The quantitative estimate of drug-likeness (QED) is 0.0606. The van der Waals surface area contributed by atoms with Crippen LogP contribution in [0, 0.1) is 5.92 Å². The molecule has 1 aromatic heterocycles. The molecule has 3 heterocycles. The summed E-state index contributed by atoms with van der Waals surface area (Å²) >= 11 is 0. The molecule has 0 bridgehead atoms. The van der Waals surface area contributed by atoms with Crippen molar-refractivity contribution in [2.24, 2.45) is 5.92 Å². The number of carbonyl (C=O) groups is 3. The predicted octanol–water partition coefficient (Wildman–Crippen LogP) is 4.81. The second-order valence-electron chi connectivity index (χ2n) is 14.5. The average Bonchev–Trinajstić information content (AvgIpc) is 3.80. The van der Waals surface area contributed by atoms with E-state index in [1.165, 1.54) is 7.11 Å². The van der Waals surface area contributed by atoms with E-state index in [0.717, 1.165) is 5.56 Å². The first-order chi connectivity index (χ1) is 25.4. The number of hydrogen-bond acceptors (Lipinski definition) is 10. The summed E-state index contributed by atoms with van der Waals surface area (Å²) in [6.07, 6.45) is 3.09. The maximum absolute atomic E-state index is 14.8. The first-order valence-electron chi connectivity index (χ1n) is 18.0. The van der Waals surface area contributed by atoms with Crippen molar-refractivity contribution in [3.05, 3.63) is 101 Å². The van der Waals surface area contributed by atoms with Crippen LogP contribution in [0.5, 0.6) is 0 Å². The molecule has 5 N–H and O–H groups in total. The Balaban J connectivity index is 1.30. The number of methoxy groups -OCH3 is 1. The minimum absolute atomic E-state index is 0.121. The van der Waals surface area contributed by atoms with E-state index in [0.29, 0.717) is 66.2 Å². The molecule has 0 radical (unpaired) electrons. The molecule has 2 aliphatic rings. The lowest BCUT2D eigenvalue weighted by Crippen LogP contribution is -2.46. The Hall–Kier alpha value is -4.89. The molecule has 4 aromatic rings. The Labute approximate surface area is 310 Å². The third kappa shape index (κ3) is 7.63. The number of rotatable bonds is 14. The van der Waals surface area contributed by atoms with E-state index in [1.54, 1.807) is 46.0 Å². The molecule has 3 aromatic carbocycles. The zero-order valence-electron chi connectivity index (χ0n) is 30.6. The van der Waals surface area contributed by atoms with Crippen LogP contribution in [0.4, 0.5) is 17.1 Å². The maximum Gasteiger partial charge on any atom is 0.305 e. The molecule has 14 heteroatoms. The van der Waals surface area contributed by atoms with Crippen LogP contribution in [0.1, 0.15) is 65.7 Å². The van der Waals surface area contributed by atoms with Gasteiger partial charge in [-0.05, 0) is 80.4 Å². The molecule has 1 saturated heterocycles. The maximum atomic E-state index is 14.8. The highest BCUT2D eigenvalue weighted by Crippen LogP contribution is 2.60. The van der Waals surface area contributed by atoms with Crippen molar-refractivity contribution in [1.82, 2.24) is 15.0 Å². The Morgan fingerprint density at radius 3 is 2.49 bits per heavy atom. The highest BCUT2D eigenvalue weighted by Gasteiger charge is 2.66. The number of esters is 1. The number of nitrogens with zero attached hydrogens (tertiary/aromatic N) is 4. The van der Waals surface area contributed by atoms with Crippen molar-refractivity contribution >= 4 is 43.2 Å². The summed E-state index contributed by atoms with van der Waals surface area (Å²) in [5, 5.41) is 21.9. The number of nitrogens with one attached hydrogen (secondary N) is 1. The molecule has 0 saturated carbocycles. The molecule has 280 valence electrons. The second-order valence-corrected chi connectivity index (χ2v) is 18.5. The van der Waals surface area contributed by atoms with Crippen LogP contribution in [0.25, 0.3) is 0 Å². The van der Waals surface area contributed by atoms with E-state index in [1.807, 2.05) is 62.6 Å². The van der Waals surface area contributed by atoms with E-state index in [9.17, 15) is 24.3 Å². The lowest BCUT2D eigenvalue weighted by Gasteiger charge is -2.32. The summed E-state index contributed by atoms with van der Waals surface area (Å²) in [6.45, 7) is 6.35. The third-order valence-electron chi connectivity index (χ3n) is 10.6. The SMILES string of the molecule is COC(=O)CCCCN1C(=O)[C@@]2(O[C@@H](CCn3cc(C(CO)c4ccccc4)nn3)[C@H]([Si](C)(C)O)[C@H]2C)c2cc(NC(=O)c3ccc(N)cc3)ccc21. The first kappa shape index (κ1) is 37.9. The number of aryl methyl sites for hydroxylation is 1. The summed E-state index contributed by atoms with van der Waals surface area (Å²) in [5.41, 5.74) is 8.40. The summed E-state index contributed by atoms with van der Waals surface area (Å²) in [5.74, 6) is -1.62. The first-order valence-corrected chi connectivity index (χ1v) is 21.1. The Morgan fingerprint density at radius 1 is 1.08 bits per heavy atom. The van der Waals surface area contributed by atoms with Crippen LogP contribution < -0.4 is 16.0 Å². The number of aliphatic hydroxyl groups excluding tert-OH is 1. The van der Waals surface area contributed by atoms with Crippen LogP contribution in [-0.4, -0.2) is 77.4 Å². The van der Waals surface area contributed by atoms with E-state index < -0.39 is 25.9 Å². The van der Waals surface area contributed by atoms with Crippen molar-refractivity contribution in [2.45, 2.75) is 75.4 Å². The van der Waals surface area contributed by atoms with Gasteiger partial charge in [0.1, 0.15) is 0 Å². The van der Waals surface area contributed by atoms with Gasteiger partial charge in [-0.3, -0.25) is 19.1 Å². The van der Waals surface area contributed by atoms with Crippen molar-refractivity contribution in [3.63, 3.8) is 0 Å². The minimum Gasteiger partial charge on any atom is -0.469 e. The molecule has 1 unspecified atom stereocenters. The molecule has 1 spiro atoms. The number of carbonyl (C=O) groups excluding carboxylic acids is 3. The molecule has 0 aliphatic carbocycles. The van der Waals surface area contributed by atoms with Gasteiger partial charge in [-0.15, -0.1) is 5.10 Å². The standard InChI is InChI=1S/C39H48N6O7Si/c1-25-36(53(3,4)50)34(19-21-44-23-32(42-43-44)30(24-46)26-10-6-5-7-11-26)52-39(25)31-22-29(41-37(48)27-13-15-28(40)16-14-27)17-18-33(31)45(38(39)49)20-9-8-12-35(47)51-2/h5-7,10-11,13-18,22-23,25,30,34,36,46,50H,8-9,12,19-21,24,40H2,1-4H3,(H,41,48)/t25-,30?,34+,36-,39+/m1/s1. The number of ether oxygens (including phenoxy) is 2. The fraction of sp³-hybridized carbons (Fsp3) is 0.410. The molecule has 2 aliphatic heterocycles. The number of aromatic nitrogens is 3. The fourth-order valence-corrected chi connectivity index (χ4v) is 10.6. The predicted molar refractivity (Wildman–Crippen MR) is 203 cm³/mol. The van der Waals surface area contributed by atoms with Gasteiger partial charge >= 0.3 is 5.97 Å². The Morgan fingerprint density at radius 2 is 1.81 bits per heavy atom. The van der Waals surface area contributed by atoms with Crippen molar-refractivity contribution in [1.29, 1.82) is 0 Å². The normalized spacial score (nSPS) is 21.5. The van der Waals surface area contributed by atoms with Crippen LogP contribution >= 0.6 is 0 Å². The molecular weight excluding hydrogens is 693 g/mol. The van der Waals surface area contributed by atoms with Crippen LogP contribution in [0.2, 0.25) is 18.6 Å². The average molecular weight is 741 g/mol. The molecule has 2 amide bonds. The number of anilines is 3. The number of unbranched alkanes of at least 4 members (excludes halogenated alkanes) is 1. The van der Waals surface area contributed by atoms with Crippen LogP contribution in [0.15, 0.2) is 79.0 Å². The number of benzene rings is 3. The fourth-order valence-electron chi connectivity index (χ4n) is 8.02. The van der Waals surface area contributed by atoms with E-state index in [4.69, 9.17) is 15.2 Å². The highest BCUT2D eigenvalue weighted by molar-refractivity contribution is 6.71. The number of hydrogen-bond donors (Lipinski definition) is 4. The topological polar surface area (TPSA) is 182 Å². The minimum atomic E-state index is -2.96. The highest BCUT2D eigenvalue weighted by atomic mass is 28.4. The monoisotopic (exact) mass is 740 g/mol. The van der Waals surface area contributed by atoms with Gasteiger partial charge in [0.15, 0.2) is 13.9 Å². The van der Waals surface area contributed by atoms with Gasteiger partial charge in [0.05, 0.1) is 37.1 Å². The van der Waals surface area contributed by atoms with Crippen LogP contribution in [0.3, 0.4) is 0 Å². The summed E-state index contributed by atoms with van der Waals surface area (Å²) in [6, 6.07) is 21.6. The Bertz CT molecular complexity index is 1930. The van der Waals surface area contributed by atoms with Gasteiger partial charge in [-0.1, -0.05) is 42.5 Å². The smallest absolute Gasteiger partial charge is 0.305 e. The van der Waals surface area contributed by atoms with Crippen LogP contribution in [-0.2, 0) is 31.2 Å². The van der Waals surface area contributed by atoms with Crippen molar-refractivity contribution in [3.8, 4) is 0 Å². The van der Waals surface area contributed by atoms with Gasteiger partial charge in [-0.25, -0.2) is 0 Å². The largest absolute Gasteiger partial charge is 0.469 e. The van der Waals surface area contributed by atoms with Crippen molar-refractivity contribution in [2.75, 3.05) is 36.2 Å². The van der Waals surface area contributed by atoms with E-state index in [2.05, 4.69) is 15.6 Å². The number of aliphatic hydroxyl groups is 1. The summed E-state index contributed by atoms with van der Waals surface area (Å²) in [7, 11) is -1.61. The molecule has 13 nitrogen and oxygen atoms in total. The number of fused-ring (bicyclic) bond motifs is 2. The molecule has 5 atom stereocenters. The van der Waals surface area contributed by atoms with Crippen molar-refractivity contribution < 1.29 is 33.8 Å². The molecular formula is C39H48N6O7Si. The number of nitrogens with two attached hydrogens (primary N) is 1. The number of amides is 2. The molecule has 53 heavy (non-hydrogen) atoms. The van der Waals surface area contributed by atoms with Gasteiger partial charge in [0, 0.05) is 59.7 Å². The van der Waals surface area contributed by atoms with E-state index >= 15 is 0 Å². The Kier molecular flexibility index (Phi) is 11.1. The number of nitrogen functional groups attached to an aromatic ring is 1. The third-order valence-corrected chi connectivity index (χ3v) is 13.1. The van der Waals surface area contributed by atoms with Gasteiger partial charge in [0.2, 0.25) is 0 Å². The zero-order chi connectivity index (χ0) is 37.9. The summed E-state index contributed by atoms with van der Waals surface area (Å²) in [4.78, 5) is 53.3. The van der Waals surface area contributed by atoms with Gasteiger partial charge in [-0.2, -0.15) is 0 Å². The second kappa shape index (κ2) is 15.6.